The number of aliphatic carboxylic acids is 1. The maximum Gasteiger partial charge on any atom is 0.324 e. The molecular formula is C14H11ClO3S. The molecular weight excluding hydrogens is 284 g/mol. The first kappa shape index (κ1) is 13.8. The second-order valence-electron chi connectivity index (χ2n) is 3.88. The minimum atomic E-state index is -1.70. The smallest absolute Gasteiger partial charge is 0.324 e. The number of carboxylic acid groups (broad SMARTS) is 1. The van der Waals surface area contributed by atoms with E-state index < -0.39 is 22.0 Å². The van der Waals surface area contributed by atoms with Crippen LogP contribution in [0.15, 0.2) is 59.5 Å². The van der Waals surface area contributed by atoms with Crippen LogP contribution in [0.4, 0.5) is 0 Å². The second-order valence-corrected chi connectivity index (χ2v) is 5.86. The number of hydrogen-bond acceptors (Lipinski definition) is 2. The number of carboxylic acids is 1. The molecule has 0 radical (unpaired) electrons. The third-order valence-corrected chi connectivity index (χ3v) is 4.42. The largest absolute Gasteiger partial charge is 0.480 e. The van der Waals surface area contributed by atoms with E-state index in [2.05, 4.69) is 0 Å². The van der Waals surface area contributed by atoms with E-state index in [9.17, 15) is 14.1 Å². The Kier molecular flexibility index (Phi) is 4.35. The minimum absolute atomic E-state index is 0.406. The van der Waals surface area contributed by atoms with Gasteiger partial charge in [0.1, 0.15) is 0 Å². The lowest BCUT2D eigenvalue weighted by molar-refractivity contribution is -0.136. The molecule has 0 aromatic heterocycles. The number of halogens is 1. The molecule has 0 aliphatic carbocycles. The van der Waals surface area contributed by atoms with Crippen LogP contribution in [0.25, 0.3) is 0 Å². The molecule has 0 bridgehead atoms. The van der Waals surface area contributed by atoms with Crippen LogP contribution >= 0.6 is 11.6 Å². The Labute approximate surface area is 118 Å². The molecule has 0 fully saturated rings. The maximum atomic E-state index is 12.4. The lowest BCUT2D eigenvalue weighted by Crippen LogP contribution is -2.17. The van der Waals surface area contributed by atoms with Crippen molar-refractivity contribution in [2.24, 2.45) is 0 Å². The summed E-state index contributed by atoms with van der Waals surface area (Å²) in [5.41, 5.74) is 0.508. The van der Waals surface area contributed by atoms with Gasteiger partial charge in [0.15, 0.2) is 5.25 Å². The normalized spacial score (nSPS) is 13.7. The number of rotatable bonds is 4. The van der Waals surface area contributed by atoms with E-state index in [1.807, 2.05) is 0 Å². The molecule has 3 nitrogen and oxygen atoms in total. The molecule has 0 aliphatic rings. The van der Waals surface area contributed by atoms with E-state index in [0.29, 0.717) is 15.5 Å². The van der Waals surface area contributed by atoms with Gasteiger partial charge in [0.25, 0.3) is 0 Å². The summed E-state index contributed by atoms with van der Waals surface area (Å²) in [6.07, 6.45) is 0. The first-order valence-corrected chi connectivity index (χ1v) is 7.12. The minimum Gasteiger partial charge on any atom is -0.480 e. The van der Waals surface area contributed by atoms with Gasteiger partial charge < -0.3 is 5.11 Å². The van der Waals surface area contributed by atoms with E-state index >= 15 is 0 Å². The van der Waals surface area contributed by atoms with Gasteiger partial charge in [0.2, 0.25) is 0 Å². The van der Waals surface area contributed by atoms with E-state index in [1.54, 1.807) is 48.5 Å². The molecule has 0 amide bonds. The molecule has 0 aliphatic heterocycles. The quantitative estimate of drug-likeness (QED) is 0.941. The van der Waals surface area contributed by atoms with Gasteiger partial charge in [0, 0.05) is 9.92 Å². The van der Waals surface area contributed by atoms with Crippen molar-refractivity contribution in [2.75, 3.05) is 0 Å². The van der Waals surface area contributed by atoms with Crippen LogP contribution in [0, 0.1) is 0 Å². The predicted octanol–water partition coefficient (Wildman–Crippen LogP) is 3.27. The molecule has 2 aromatic rings. The van der Waals surface area contributed by atoms with Crippen LogP contribution in [0.2, 0.25) is 5.02 Å². The second kappa shape index (κ2) is 5.99. The van der Waals surface area contributed by atoms with Crippen LogP contribution in [0.1, 0.15) is 10.8 Å². The van der Waals surface area contributed by atoms with E-state index in [0.717, 1.165) is 0 Å². The fourth-order valence-corrected chi connectivity index (χ4v) is 3.28. The maximum absolute atomic E-state index is 12.4. The van der Waals surface area contributed by atoms with Crippen LogP contribution in [-0.2, 0) is 15.6 Å². The zero-order valence-electron chi connectivity index (χ0n) is 9.82. The fraction of sp³-hybridized carbons (Fsp3) is 0.0714. The highest BCUT2D eigenvalue weighted by atomic mass is 35.5. The first-order valence-electron chi connectivity index (χ1n) is 5.53. The van der Waals surface area contributed by atoms with Gasteiger partial charge in [-0.15, -0.1) is 0 Å². The standard InChI is InChI=1S/C14H11ClO3S/c15-11-7-4-8-12(9-11)19(18)13(14(16)17)10-5-2-1-3-6-10/h1-9,13H,(H,16,17). The number of carbonyl (C=O) groups is 1. The van der Waals surface area contributed by atoms with Crippen molar-refractivity contribution < 1.29 is 14.1 Å². The van der Waals surface area contributed by atoms with Gasteiger partial charge in [-0.25, -0.2) is 0 Å². The molecule has 0 saturated carbocycles. The van der Waals surface area contributed by atoms with Gasteiger partial charge in [-0.2, -0.15) is 0 Å². The summed E-state index contributed by atoms with van der Waals surface area (Å²) in [7, 11) is -1.70. The summed E-state index contributed by atoms with van der Waals surface area (Å²) in [5, 5.41) is 8.64. The average molecular weight is 295 g/mol. The number of benzene rings is 2. The van der Waals surface area contributed by atoms with Crippen molar-refractivity contribution in [3.63, 3.8) is 0 Å². The van der Waals surface area contributed by atoms with Crippen LogP contribution < -0.4 is 0 Å². The van der Waals surface area contributed by atoms with Crippen molar-refractivity contribution >= 4 is 28.4 Å². The summed E-state index contributed by atoms with van der Waals surface area (Å²) >= 11 is 5.84. The Morgan fingerprint density at radius 3 is 2.37 bits per heavy atom. The van der Waals surface area contributed by atoms with Crippen molar-refractivity contribution in [3.05, 3.63) is 65.2 Å². The van der Waals surface area contributed by atoms with Gasteiger partial charge in [-0.3, -0.25) is 9.00 Å². The lowest BCUT2D eigenvalue weighted by atomic mass is 10.1. The summed E-state index contributed by atoms with van der Waals surface area (Å²) in [6.45, 7) is 0. The predicted molar refractivity (Wildman–Crippen MR) is 74.7 cm³/mol. The third-order valence-electron chi connectivity index (χ3n) is 2.57. The summed E-state index contributed by atoms with van der Waals surface area (Å²) in [4.78, 5) is 11.8. The molecule has 0 spiro atoms. The van der Waals surface area contributed by atoms with Crippen molar-refractivity contribution in [1.82, 2.24) is 0 Å². The van der Waals surface area contributed by atoms with Gasteiger partial charge in [0.05, 0.1) is 10.8 Å². The zero-order chi connectivity index (χ0) is 13.8. The van der Waals surface area contributed by atoms with Crippen molar-refractivity contribution in [3.8, 4) is 0 Å². The zero-order valence-corrected chi connectivity index (χ0v) is 11.4. The van der Waals surface area contributed by atoms with E-state index in [1.165, 1.54) is 6.07 Å². The first-order chi connectivity index (χ1) is 9.09. The van der Waals surface area contributed by atoms with Gasteiger partial charge in [-0.05, 0) is 23.8 Å². The molecule has 2 atom stereocenters. The van der Waals surface area contributed by atoms with Crippen LogP contribution in [0.5, 0.6) is 0 Å². The molecule has 19 heavy (non-hydrogen) atoms. The van der Waals surface area contributed by atoms with Crippen molar-refractivity contribution in [1.29, 1.82) is 0 Å². The molecule has 5 heteroatoms. The highest BCUT2D eigenvalue weighted by molar-refractivity contribution is 7.86. The fourth-order valence-electron chi connectivity index (χ4n) is 1.71. The molecule has 98 valence electrons. The summed E-state index contributed by atoms with van der Waals surface area (Å²) in [6, 6.07) is 15.0. The highest BCUT2D eigenvalue weighted by Crippen LogP contribution is 2.26. The Morgan fingerprint density at radius 1 is 1.11 bits per heavy atom. The van der Waals surface area contributed by atoms with Gasteiger partial charge in [-0.1, -0.05) is 48.0 Å². The van der Waals surface area contributed by atoms with Crippen LogP contribution in [0.3, 0.4) is 0 Å². The average Bonchev–Trinajstić information content (AvgIpc) is 2.39. The Hall–Kier alpha value is -1.65. The molecule has 1 N–H and O–H groups in total. The highest BCUT2D eigenvalue weighted by Gasteiger charge is 2.27. The summed E-state index contributed by atoms with van der Waals surface area (Å²) < 4.78 is 12.4. The lowest BCUT2D eigenvalue weighted by Gasteiger charge is -2.12. The molecule has 2 rings (SSSR count). The SMILES string of the molecule is O=C(O)C(c1ccccc1)S(=O)c1cccc(Cl)c1. The van der Waals surface area contributed by atoms with Gasteiger partial charge >= 0.3 is 5.97 Å². The Balaban J connectivity index is 2.41. The molecule has 2 aromatic carbocycles. The van der Waals surface area contributed by atoms with Crippen molar-refractivity contribution in [2.45, 2.75) is 10.1 Å². The van der Waals surface area contributed by atoms with E-state index in [-0.39, 0.29) is 0 Å². The molecule has 0 heterocycles. The summed E-state index contributed by atoms with van der Waals surface area (Å²) in [5.74, 6) is -1.12. The third kappa shape index (κ3) is 3.22. The van der Waals surface area contributed by atoms with Crippen LogP contribution in [-0.4, -0.2) is 15.3 Å². The number of hydrogen-bond donors (Lipinski definition) is 1. The Bertz CT molecular complexity index is 613. The Morgan fingerprint density at radius 2 is 1.79 bits per heavy atom. The van der Waals surface area contributed by atoms with E-state index in [4.69, 9.17) is 11.6 Å². The topological polar surface area (TPSA) is 54.4 Å². The monoisotopic (exact) mass is 294 g/mol. The molecule has 0 saturated heterocycles. The molecule has 2 unspecified atom stereocenters.